The van der Waals surface area contributed by atoms with Gasteiger partial charge in [-0.1, -0.05) is 12.1 Å². The third-order valence-electron chi connectivity index (χ3n) is 6.50. The van der Waals surface area contributed by atoms with Gasteiger partial charge < -0.3 is 24.0 Å². The number of ether oxygens (including phenoxy) is 3. The molecule has 0 radical (unpaired) electrons. The van der Waals surface area contributed by atoms with Crippen LogP contribution in [0.4, 0.5) is 24.5 Å². The van der Waals surface area contributed by atoms with Crippen LogP contribution in [0.5, 0.6) is 17.2 Å². The number of carbonyl (C=O) groups is 1. The molecule has 0 bridgehead atoms. The second-order valence-corrected chi connectivity index (χ2v) is 10.8. The van der Waals surface area contributed by atoms with Crippen LogP contribution in [-0.4, -0.2) is 73.0 Å². The van der Waals surface area contributed by atoms with Crippen molar-refractivity contribution in [3.8, 4) is 17.2 Å². The van der Waals surface area contributed by atoms with Gasteiger partial charge in [0.2, 0.25) is 0 Å². The molecule has 1 fully saturated rings. The molecule has 9 nitrogen and oxygen atoms in total. The number of sulfonamides is 1. The van der Waals surface area contributed by atoms with Gasteiger partial charge in [-0.05, 0) is 54.6 Å². The van der Waals surface area contributed by atoms with Gasteiger partial charge in [-0.2, -0.15) is 0 Å². The van der Waals surface area contributed by atoms with E-state index < -0.39 is 28.0 Å². The maximum atomic E-state index is 13.4. The summed E-state index contributed by atoms with van der Waals surface area (Å²) >= 11 is 0. The number of nitrogens with zero attached hydrogens (tertiary/aromatic N) is 3. The number of hydrogen-bond donors (Lipinski definition) is 0. The van der Waals surface area contributed by atoms with Crippen LogP contribution in [-0.2, 0) is 10.0 Å². The number of amides is 1. The van der Waals surface area contributed by atoms with E-state index in [1.165, 1.54) is 56.5 Å². The fraction of sp³-hybridized carbons (Fsp3) is 0.296. The number of hydrogen-bond acceptors (Lipinski definition) is 7. The molecule has 3 aromatic carbocycles. The third-order valence-corrected chi connectivity index (χ3v) is 8.28. The lowest BCUT2D eigenvalue weighted by Gasteiger charge is -2.37. The van der Waals surface area contributed by atoms with E-state index in [0.717, 1.165) is 10.4 Å². The molecule has 4 rings (SSSR count). The Morgan fingerprint density at radius 1 is 0.875 bits per heavy atom. The van der Waals surface area contributed by atoms with Crippen LogP contribution in [0.2, 0.25) is 0 Å². The summed E-state index contributed by atoms with van der Waals surface area (Å²) in [5.74, 6) is -0.128. The molecule has 0 aliphatic carbocycles. The van der Waals surface area contributed by atoms with E-state index in [0.29, 0.717) is 36.0 Å². The van der Waals surface area contributed by atoms with Crippen LogP contribution >= 0.6 is 0 Å². The molecule has 1 heterocycles. The standard InChI is InChI=1S/C27H28F3N3O6S/c1-31(19-8-10-20(37-2)11-9-19)40(35,36)21-12-13-25(38-3)23(18-21)32-14-16-33(17-15-32)26(34)22-6-4-5-7-24(22)39-27(28,29)30/h4-13,18H,14-17H2,1-3H3. The Kier molecular flexibility index (Phi) is 8.33. The first kappa shape index (κ1) is 28.9. The summed E-state index contributed by atoms with van der Waals surface area (Å²) in [4.78, 5) is 16.4. The molecule has 1 aliphatic rings. The predicted octanol–water partition coefficient (Wildman–Crippen LogP) is 4.39. The van der Waals surface area contributed by atoms with E-state index >= 15 is 0 Å². The average molecular weight is 580 g/mol. The van der Waals surface area contributed by atoms with Crippen LogP contribution in [0.25, 0.3) is 0 Å². The summed E-state index contributed by atoms with van der Waals surface area (Å²) in [6, 6.07) is 16.3. The summed E-state index contributed by atoms with van der Waals surface area (Å²) in [5.41, 5.74) is 0.764. The topological polar surface area (TPSA) is 88.6 Å². The molecule has 214 valence electrons. The molecule has 13 heteroatoms. The molecule has 1 amide bonds. The number of alkyl halides is 3. The quantitative estimate of drug-likeness (QED) is 0.391. The van der Waals surface area contributed by atoms with E-state index in [1.807, 2.05) is 4.90 Å². The smallest absolute Gasteiger partial charge is 0.497 e. The molecule has 3 aromatic rings. The maximum absolute atomic E-state index is 13.4. The highest BCUT2D eigenvalue weighted by molar-refractivity contribution is 7.92. The van der Waals surface area contributed by atoms with Crippen molar-refractivity contribution in [3.05, 3.63) is 72.3 Å². The Morgan fingerprint density at radius 2 is 1.52 bits per heavy atom. The molecule has 0 atom stereocenters. The van der Waals surface area contributed by atoms with Crippen molar-refractivity contribution < 1.29 is 40.6 Å². The third kappa shape index (κ3) is 6.19. The number of piperazine rings is 1. The summed E-state index contributed by atoms with van der Waals surface area (Å²) in [7, 11) is 0.498. The SMILES string of the molecule is COc1ccc(N(C)S(=O)(=O)c2ccc(OC)c(N3CCN(C(=O)c4ccccc4OC(F)(F)F)CC3)c2)cc1. The highest BCUT2D eigenvalue weighted by Crippen LogP contribution is 2.34. The van der Waals surface area contributed by atoms with Gasteiger partial charge in [-0.25, -0.2) is 8.42 Å². The largest absolute Gasteiger partial charge is 0.573 e. The zero-order valence-electron chi connectivity index (χ0n) is 22.0. The van der Waals surface area contributed by atoms with Crippen LogP contribution < -0.4 is 23.4 Å². The molecular weight excluding hydrogens is 551 g/mol. The van der Waals surface area contributed by atoms with Gasteiger partial charge in [-0.15, -0.1) is 13.2 Å². The van der Waals surface area contributed by atoms with Crippen LogP contribution in [0.1, 0.15) is 10.4 Å². The van der Waals surface area contributed by atoms with E-state index in [2.05, 4.69) is 4.74 Å². The zero-order chi connectivity index (χ0) is 29.1. The number of rotatable bonds is 8. The second kappa shape index (κ2) is 11.5. The molecule has 0 aromatic heterocycles. The lowest BCUT2D eigenvalue weighted by molar-refractivity contribution is -0.274. The van der Waals surface area contributed by atoms with Gasteiger partial charge in [0.1, 0.15) is 17.2 Å². The Balaban J connectivity index is 1.53. The first-order valence-electron chi connectivity index (χ1n) is 12.1. The van der Waals surface area contributed by atoms with Gasteiger partial charge >= 0.3 is 6.36 Å². The minimum atomic E-state index is -4.93. The van der Waals surface area contributed by atoms with Gasteiger partial charge in [0.15, 0.2) is 0 Å². The summed E-state index contributed by atoms with van der Waals surface area (Å²) in [6.45, 7) is 0.959. The Hall–Kier alpha value is -4.13. The van der Waals surface area contributed by atoms with Crippen molar-refractivity contribution in [3.63, 3.8) is 0 Å². The van der Waals surface area contributed by atoms with E-state index in [4.69, 9.17) is 9.47 Å². The zero-order valence-corrected chi connectivity index (χ0v) is 22.8. The second-order valence-electron chi connectivity index (χ2n) is 8.83. The molecule has 1 aliphatic heterocycles. The van der Waals surface area contributed by atoms with Crippen molar-refractivity contribution >= 4 is 27.3 Å². The molecule has 40 heavy (non-hydrogen) atoms. The predicted molar refractivity (Wildman–Crippen MR) is 143 cm³/mol. The fourth-order valence-corrected chi connectivity index (χ4v) is 5.56. The molecule has 0 saturated carbocycles. The molecule has 0 N–H and O–H groups in total. The first-order chi connectivity index (χ1) is 18.9. The molecule has 1 saturated heterocycles. The van der Waals surface area contributed by atoms with Gasteiger partial charge in [-0.3, -0.25) is 9.10 Å². The fourth-order valence-electron chi connectivity index (χ4n) is 4.34. The Bertz CT molecular complexity index is 1460. The number of para-hydroxylation sites is 1. The number of halogens is 3. The van der Waals surface area contributed by atoms with Crippen molar-refractivity contribution in [2.45, 2.75) is 11.3 Å². The van der Waals surface area contributed by atoms with Crippen LogP contribution in [0.15, 0.2) is 71.6 Å². The minimum absolute atomic E-state index is 0.0401. The minimum Gasteiger partial charge on any atom is -0.497 e. The normalized spacial score (nSPS) is 14.1. The molecular formula is C27H28F3N3O6S. The summed E-state index contributed by atoms with van der Waals surface area (Å²) < 4.78 is 81.1. The lowest BCUT2D eigenvalue weighted by Crippen LogP contribution is -2.49. The van der Waals surface area contributed by atoms with E-state index in [-0.39, 0.29) is 23.5 Å². The highest BCUT2D eigenvalue weighted by Gasteiger charge is 2.34. The summed E-state index contributed by atoms with van der Waals surface area (Å²) in [5, 5.41) is 0. The van der Waals surface area contributed by atoms with E-state index in [9.17, 15) is 26.4 Å². The maximum Gasteiger partial charge on any atom is 0.573 e. The van der Waals surface area contributed by atoms with Gasteiger partial charge in [0.25, 0.3) is 15.9 Å². The van der Waals surface area contributed by atoms with Crippen LogP contribution in [0, 0.1) is 0 Å². The number of methoxy groups -OCH3 is 2. The van der Waals surface area contributed by atoms with Crippen molar-refractivity contribution in [2.75, 3.05) is 56.7 Å². The average Bonchev–Trinajstić information content (AvgIpc) is 2.95. The Morgan fingerprint density at radius 3 is 2.12 bits per heavy atom. The number of benzene rings is 3. The number of carbonyl (C=O) groups excluding carboxylic acids is 1. The van der Waals surface area contributed by atoms with Crippen molar-refractivity contribution in [1.29, 1.82) is 0 Å². The number of anilines is 2. The molecule has 0 unspecified atom stereocenters. The van der Waals surface area contributed by atoms with Crippen LogP contribution in [0.3, 0.4) is 0 Å². The summed E-state index contributed by atoms with van der Waals surface area (Å²) in [6.07, 6.45) is -4.93. The highest BCUT2D eigenvalue weighted by atomic mass is 32.2. The van der Waals surface area contributed by atoms with Gasteiger partial charge in [0, 0.05) is 33.2 Å². The first-order valence-corrected chi connectivity index (χ1v) is 13.6. The monoisotopic (exact) mass is 579 g/mol. The van der Waals surface area contributed by atoms with Crippen molar-refractivity contribution in [2.24, 2.45) is 0 Å². The Labute approximate surface area is 230 Å². The van der Waals surface area contributed by atoms with E-state index in [1.54, 1.807) is 30.3 Å². The lowest BCUT2D eigenvalue weighted by atomic mass is 10.1. The van der Waals surface area contributed by atoms with Gasteiger partial charge in [0.05, 0.1) is 36.1 Å². The molecule has 0 spiro atoms. The van der Waals surface area contributed by atoms with Crippen molar-refractivity contribution in [1.82, 2.24) is 4.90 Å².